The third-order valence-electron chi connectivity index (χ3n) is 4.00. The predicted molar refractivity (Wildman–Crippen MR) is 94.5 cm³/mol. The molecule has 0 aliphatic carbocycles. The maximum absolute atomic E-state index is 12.3. The highest BCUT2D eigenvalue weighted by atomic mass is 16.5. The highest BCUT2D eigenvalue weighted by Gasteiger charge is 2.30. The number of methoxy groups -OCH3 is 1. The van der Waals surface area contributed by atoms with Crippen LogP contribution in [0, 0.1) is 0 Å². The first kappa shape index (κ1) is 19.2. The van der Waals surface area contributed by atoms with Gasteiger partial charge in [-0.25, -0.2) is 4.79 Å². The van der Waals surface area contributed by atoms with Crippen LogP contribution in [0.15, 0.2) is 30.6 Å². The molecule has 2 aromatic rings. The third kappa shape index (κ3) is 4.08. The SMILES string of the molecule is COc1ccc(C(C)=O)cc1CC(=O)Nc1cnn(C(C)(C)C(=O)O)c1. The minimum absolute atomic E-state index is 0.00219. The van der Waals surface area contributed by atoms with Crippen molar-refractivity contribution >= 4 is 23.3 Å². The number of amides is 1. The molecule has 0 saturated heterocycles. The molecule has 2 rings (SSSR count). The van der Waals surface area contributed by atoms with E-state index in [-0.39, 0.29) is 18.1 Å². The van der Waals surface area contributed by atoms with Crippen LogP contribution in [-0.4, -0.2) is 39.7 Å². The first-order chi connectivity index (χ1) is 12.1. The predicted octanol–water partition coefficient (Wildman–Crippen LogP) is 2.10. The summed E-state index contributed by atoms with van der Waals surface area (Å²) in [5.41, 5.74) is 0.216. The van der Waals surface area contributed by atoms with E-state index >= 15 is 0 Å². The number of ketones is 1. The summed E-state index contributed by atoms with van der Waals surface area (Å²) in [5, 5.41) is 15.9. The molecule has 1 aromatic heterocycles. The van der Waals surface area contributed by atoms with Crippen molar-refractivity contribution in [1.82, 2.24) is 9.78 Å². The van der Waals surface area contributed by atoms with Crippen LogP contribution in [-0.2, 0) is 21.5 Å². The summed E-state index contributed by atoms with van der Waals surface area (Å²) in [6, 6.07) is 4.91. The lowest BCUT2D eigenvalue weighted by Crippen LogP contribution is -2.35. The molecule has 0 unspecified atom stereocenters. The number of carboxylic acid groups (broad SMARTS) is 1. The van der Waals surface area contributed by atoms with Crippen LogP contribution >= 0.6 is 0 Å². The number of carboxylic acids is 1. The molecule has 0 atom stereocenters. The van der Waals surface area contributed by atoms with Crippen molar-refractivity contribution in [2.24, 2.45) is 0 Å². The number of aromatic nitrogens is 2. The molecule has 8 heteroatoms. The number of rotatable bonds is 7. The molecule has 0 spiro atoms. The van der Waals surface area contributed by atoms with Crippen LogP contribution in [0.5, 0.6) is 5.75 Å². The second kappa shape index (κ2) is 7.38. The summed E-state index contributed by atoms with van der Waals surface area (Å²) < 4.78 is 6.50. The molecule has 0 fully saturated rings. The normalized spacial score (nSPS) is 11.1. The van der Waals surface area contributed by atoms with Crippen molar-refractivity contribution in [3.05, 3.63) is 41.7 Å². The minimum atomic E-state index is -1.23. The van der Waals surface area contributed by atoms with Crippen LogP contribution < -0.4 is 10.1 Å². The van der Waals surface area contributed by atoms with Gasteiger partial charge in [0.2, 0.25) is 5.91 Å². The van der Waals surface area contributed by atoms with E-state index in [0.717, 1.165) is 0 Å². The summed E-state index contributed by atoms with van der Waals surface area (Å²) >= 11 is 0. The van der Waals surface area contributed by atoms with Gasteiger partial charge in [-0.3, -0.25) is 14.3 Å². The molecule has 138 valence electrons. The molecular formula is C18H21N3O5. The topological polar surface area (TPSA) is 111 Å². The largest absolute Gasteiger partial charge is 0.496 e. The number of aliphatic carboxylic acids is 1. The Kier molecular flexibility index (Phi) is 5.44. The molecule has 0 radical (unpaired) electrons. The molecule has 1 heterocycles. The van der Waals surface area contributed by atoms with E-state index in [1.165, 1.54) is 45.0 Å². The number of ether oxygens (including phenoxy) is 1. The molecule has 0 aliphatic heterocycles. The number of Topliss-reactive ketones (excluding diaryl/α,β-unsaturated/α-hetero) is 1. The fourth-order valence-corrected chi connectivity index (χ4v) is 2.30. The lowest BCUT2D eigenvalue weighted by molar-refractivity contribution is -0.146. The second-order valence-electron chi connectivity index (χ2n) is 6.35. The van der Waals surface area contributed by atoms with E-state index in [1.54, 1.807) is 18.2 Å². The van der Waals surface area contributed by atoms with Gasteiger partial charge in [0.25, 0.3) is 0 Å². The van der Waals surface area contributed by atoms with E-state index in [4.69, 9.17) is 4.74 Å². The van der Waals surface area contributed by atoms with Gasteiger partial charge in [-0.15, -0.1) is 0 Å². The fraction of sp³-hybridized carbons (Fsp3) is 0.333. The first-order valence-corrected chi connectivity index (χ1v) is 7.91. The smallest absolute Gasteiger partial charge is 0.331 e. The lowest BCUT2D eigenvalue weighted by atomic mass is 10.0. The van der Waals surface area contributed by atoms with Gasteiger partial charge in [0.05, 0.1) is 25.4 Å². The van der Waals surface area contributed by atoms with Gasteiger partial charge in [0, 0.05) is 17.3 Å². The molecule has 0 bridgehead atoms. The highest BCUT2D eigenvalue weighted by molar-refractivity contribution is 5.96. The van der Waals surface area contributed by atoms with E-state index in [1.807, 2.05) is 0 Å². The molecule has 26 heavy (non-hydrogen) atoms. The number of benzene rings is 1. The minimum Gasteiger partial charge on any atom is -0.496 e. The number of hydrogen-bond acceptors (Lipinski definition) is 5. The molecule has 0 aliphatic rings. The summed E-state index contributed by atoms with van der Waals surface area (Å²) in [4.78, 5) is 35.1. The van der Waals surface area contributed by atoms with Crippen LogP contribution in [0.25, 0.3) is 0 Å². The van der Waals surface area contributed by atoms with Crippen molar-refractivity contribution in [3.63, 3.8) is 0 Å². The van der Waals surface area contributed by atoms with Gasteiger partial charge in [-0.2, -0.15) is 5.10 Å². The Labute approximate surface area is 150 Å². The number of carbonyl (C=O) groups excluding carboxylic acids is 2. The lowest BCUT2D eigenvalue weighted by Gasteiger charge is -2.19. The summed E-state index contributed by atoms with van der Waals surface area (Å²) in [6.45, 7) is 4.46. The Morgan fingerprint density at radius 2 is 2.00 bits per heavy atom. The van der Waals surface area contributed by atoms with Gasteiger partial charge in [-0.1, -0.05) is 0 Å². The number of nitrogens with zero attached hydrogens (tertiary/aromatic N) is 2. The molecule has 0 saturated carbocycles. The number of carbonyl (C=O) groups is 3. The van der Waals surface area contributed by atoms with Crippen molar-refractivity contribution in [1.29, 1.82) is 0 Å². The maximum Gasteiger partial charge on any atom is 0.331 e. The Bertz CT molecular complexity index is 854. The Hall–Kier alpha value is -3.16. The van der Waals surface area contributed by atoms with E-state index in [9.17, 15) is 19.5 Å². The highest BCUT2D eigenvalue weighted by Crippen LogP contribution is 2.22. The molecule has 1 amide bonds. The second-order valence-corrected chi connectivity index (χ2v) is 6.35. The van der Waals surface area contributed by atoms with Crippen molar-refractivity contribution < 1.29 is 24.2 Å². The number of hydrogen-bond donors (Lipinski definition) is 2. The monoisotopic (exact) mass is 359 g/mol. The molecular weight excluding hydrogens is 338 g/mol. The van der Waals surface area contributed by atoms with Crippen molar-refractivity contribution in [2.75, 3.05) is 12.4 Å². The Morgan fingerprint density at radius 1 is 1.31 bits per heavy atom. The standard InChI is InChI=1S/C18H21N3O5/c1-11(22)12-5-6-15(26-4)13(7-12)8-16(23)20-14-9-19-21(10-14)18(2,3)17(24)25/h5-7,9-10H,8H2,1-4H3,(H,20,23)(H,24,25). The summed E-state index contributed by atoms with van der Waals surface area (Å²) in [5.74, 6) is -0.972. The zero-order valence-corrected chi connectivity index (χ0v) is 15.1. The maximum atomic E-state index is 12.3. The third-order valence-corrected chi connectivity index (χ3v) is 4.00. The van der Waals surface area contributed by atoms with Gasteiger partial charge < -0.3 is 15.2 Å². The van der Waals surface area contributed by atoms with Crippen LogP contribution in [0.4, 0.5) is 5.69 Å². The van der Waals surface area contributed by atoms with Gasteiger partial charge in [-0.05, 0) is 39.0 Å². The van der Waals surface area contributed by atoms with Gasteiger partial charge in [0.15, 0.2) is 11.3 Å². The van der Waals surface area contributed by atoms with Crippen molar-refractivity contribution in [2.45, 2.75) is 32.7 Å². The van der Waals surface area contributed by atoms with Crippen LogP contribution in [0.1, 0.15) is 36.7 Å². The van der Waals surface area contributed by atoms with Crippen LogP contribution in [0.3, 0.4) is 0 Å². The molecule has 2 N–H and O–H groups in total. The van der Waals surface area contributed by atoms with E-state index in [0.29, 0.717) is 22.6 Å². The molecule has 8 nitrogen and oxygen atoms in total. The summed E-state index contributed by atoms with van der Waals surface area (Å²) in [6.07, 6.45) is 2.83. The van der Waals surface area contributed by atoms with Crippen LogP contribution in [0.2, 0.25) is 0 Å². The van der Waals surface area contributed by atoms with Gasteiger partial charge >= 0.3 is 5.97 Å². The zero-order chi connectivity index (χ0) is 19.5. The Balaban J connectivity index is 2.15. The quantitative estimate of drug-likeness (QED) is 0.733. The zero-order valence-electron chi connectivity index (χ0n) is 15.1. The number of nitrogens with one attached hydrogen (secondary N) is 1. The van der Waals surface area contributed by atoms with E-state index < -0.39 is 11.5 Å². The fourth-order valence-electron chi connectivity index (χ4n) is 2.30. The average molecular weight is 359 g/mol. The summed E-state index contributed by atoms with van der Waals surface area (Å²) in [7, 11) is 1.49. The molecule has 1 aromatic carbocycles. The average Bonchev–Trinajstić information content (AvgIpc) is 3.03. The first-order valence-electron chi connectivity index (χ1n) is 7.91. The van der Waals surface area contributed by atoms with Crippen molar-refractivity contribution in [3.8, 4) is 5.75 Å². The van der Waals surface area contributed by atoms with E-state index in [2.05, 4.69) is 10.4 Å². The number of anilines is 1. The van der Waals surface area contributed by atoms with Gasteiger partial charge in [0.1, 0.15) is 5.75 Å². The Morgan fingerprint density at radius 3 is 2.58 bits per heavy atom.